The van der Waals surface area contributed by atoms with Crippen LogP contribution in [0.3, 0.4) is 0 Å². The molecule has 0 saturated carbocycles. The van der Waals surface area contributed by atoms with Gasteiger partial charge in [-0.05, 0) is 30.9 Å². The molecular weight excluding hydrogens is 218 g/mol. The van der Waals surface area contributed by atoms with Gasteiger partial charge in [0.05, 0.1) is 0 Å². The SMILES string of the molecule is CCCCC(N)(CC)Cc1ccccc1Cl. The zero-order chi connectivity index (χ0) is 12.0. The van der Waals surface area contributed by atoms with Gasteiger partial charge in [0.1, 0.15) is 0 Å². The Morgan fingerprint density at radius 3 is 2.50 bits per heavy atom. The molecule has 1 unspecified atom stereocenters. The summed E-state index contributed by atoms with van der Waals surface area (Å²) in [6.07, 6.45) is 5.34. The van der Waals surface area contributed by atoms with E-state index in [0.717, 1.165) is 24.3 Å². The third-order valence-corrected chi connectivity index (χ3v) is 3.60. The van der Waals surface area contributed by atoms with Crippen LogP contribution < -0.4 is 5.73 Å². The van der Waals surface area contributed by atoms with E-state index >= 15 is 0 Å². The molecule has 90 valence electrons. The number of nitrogens with two attached hydrogens (primary N) is 1. The molecule has 0 bridgehead atoms. The van der Waals surface area contributed by atoms with Crippen molar-refractivity contribution in [2.45, 2.75) is 51.5 Å². The van der Waals surface area contributed by atoms with Crippen molar-refractivity contribution >= 4 is 11.6 Å². The molecule has 0 saturated heterocycles. The maximum absolute atomic E-state index is 6.43. The molecular formula is C14H22ClN. The van der Waals surface area contributed by atoms with Gasteiger partial charge in [0, 0.05) is 10.6 Å². The molecule has 0 heterocycles. The van der Waals surface area contributed by atoms with Crippen LogP contribution >= 0.6 is 11.6 Å². The van der Waals surface area contributed by atoms with Crippen molar-refractivity contribution in [3.8, 4) is 0 Å². The molecule has 0 spiro atoms. The number of unbranched alkanes of at least 4 members (excludes halogenated alkanes) is 1. The topological polar surface area (TPSA) is 26.0 Å². The zero-order valence-electron chi connectivity index (χ0n) is 10.3. The first-order valence-electron chi connectivity index (χ1n) is 6.13. The molecule has 0 amide bonds. The summed E-state index contributed by atoms with van der Waals surface area (Å²) in [6.45, 7) is 4.36. The summed E-state index contributed by atoms with van der Waals surface area (Å²) in [5.41, 5.74) is 7.50. The molecule has 1 rings (SSSR count). The summed E-state index contributed by atoms with van der Waals surface area (Å²) in [7, 11) is 0. The highest BCUT2D eigenvalue weighted by molar-refractivity contribution is 6.31. The molecule has 0 aliphatic heterocycles. The van der Waals surface area contributed by atoms with Gasteiger partial charge in [-0.15, -0.1) is 0 Å². The Hall–Kier alpha value is -0.530. The van der Waals surface area contributed by atoms with Crippen molar-refractivity contribution in [2.75, 3.05) is 0 Å². The maximum atomic E-state index is 6.43. The lowest BCUT2D eigenvalue weighted by molar-refractivity contribution is 0.365. The molecule has 2 N–H and O–H groups in total. The van der Waals surface area contributed by atoms with Crippen LogP contribution in [0.25, 0.3) is 0 Å². The third-order valence-electron chi connectivity index (χ3n) is 3.23. The van der Waals surface area contributed by atoms with Gasteiger partial charge in [0.15, 0.2) is 0 Å². The van der Waals surface area contributed by atoms with Gasteiger partial charge in [-0.25, -0.2) is 0 Å². The standard InChI is InChI=1S/C14H22ClN/c1-3-5-10-14(16,4-2)11-12-8-6-7-9-13(12)15/h6-9H,3-5,10-11,16H2,1-2H3. The largest absolute Gasteiger partial charge is 0.325 e. The summed E-state index contributed by atoms with van der Waals surface area (Å²) in [6, 6.07) is 8.00. The third kappa shape index (κ3) is 3.80. The van der Waals surface area contributed by atoms with Crippen LogP contribution in [0.15, 0.2) is 24.3 Å². The molecule has 1 atom stereocenters. The maximum Gasteiger partial charge on any atom is 0.0438 e. The molecule has 0 radical (unpaired) electrons. The molecule has 1 nitrogen and oxygen atoms in total. The Morgan fingerprint density at radius 2 is 1.94 bits per heavy atom. The fourth-order valence-corrected chi connectivity index (χ4v) is 2.14. The van der Waals surface area contributed by atoms with Crippen LogP contribution in [-0.4, -0.2) is 5.54 Å². The van der Waals surface area contributed by atoms with E-state index in [1.54, 1.807) is 0 Å². The lowest BCUT2D eigenvalue weighted by Crippen LogP contribution is -2.41. The monoisotopic (exact) mass is 239 g/mol. The van der Waals surface area contributed by atoms with Gasteiger partial charge in [-0.2, -0.15) is 0 Å². The van der Waals surface area contributed by atoms with E-state index in [9.17, 15) is 0 Å². The highest BCUT2D eigenvalue weighted by Crippen LogP contribution is 2.25. The number of benzene rings is 1. The molecule has 2 heteroatoms. The van der Waals surface area contributed by atoms with Crippen molar-refractivity contribution in [1.29, 1.82) is 0 Å². The molecule has 0 aliphatic carbocycles. The van der Waals surface area contributed by atoms with E-state index in [0.29, 0.717) is 0 Å². The lowest BCUT2D eigenvalue weighted by Gasteiger charge is -2.28. The van der Waals surface area contributed by atoms with Gasteiger partial charge in [-0.3, -0.25) is 0 Å². The first-order valence-corrected chi connectivity index (χ1v) is 6.51. The van der Waals surface area contributed by atoms with Crippen molar-refractivity contribution in [2.24, 2.45) is 5.73 Å². The predicted molar refractivity (Wildman–Crippen MR) is 71.9 cm³/mol. The van der Waals surface area contributed by atoms with E-state index in [-0.39, 0.29) is 5.54 Å². The number of hydrogen-bond acceptors (Lipinski definition) is 1. The Morgan fingerprint density at radius 1 is 1.25 bits per heavy atom. The summed E-state index contributed by atoms with van der Waals surface area (Å²) in [4.78, 5) is 0. The Labute approximate surface area is 104 Å². The summed E-state index contributed by atoms with van der Waals surface area (Å²) < 4.78 is 0. The van der Waals surface area contributed by atoms with Gasteiger partial charge in [-0.1, -0.05) is 56.5 Å². The minimum absolute atomic E-state index is 0.0962. The fourth-order valence-electron chi connectivity index (χ4n) is 1.94. The van der Waals surface area contributed by atoms with Crippen LogP contribution in [0.4, 0.5) is 0 Å². The summed E-state index contributed by atoms with van der Waals surface area (Å²) in [5, 5.41) is 0.835. The van der Waals surface area contributed by atoms with Crippen molar-refractivity contribution < 1.29 is 0 Å². The highest BCUT2D eigenvalue weighted by Gasteiger charge is 2.23. The van der Waals surface area contributed by atoms with E-state index in [1.165, 1.54) is 18.4 Å². The average Bonchev–Trinajstić information content (AvgIpc) is 2.30. The van der Waals surface area contributed by atoms with E-state index < -0.39 is 0 Å². The number of hydrogen-bond donors (Lipinski definition) is 1. The second-order valence-corrected chi connectivity index (χ2v) is 4.99. The smallest absolute Gasteiger partial charge is 0.0438 e. The van der Waals surface area contributed by atoms with E-state index in [2.05, 4.69) is 19.9 Å². The average molecular weight is 240 g/mol. The molecule has 1 aromatic carbocycles. The van der Waals surface area contributed by atoms with Crippen LogP contribution in [0.1, 0.15) is 45.1 Å². The normalized spacial score (nSPS) is 14.8. The zero-order valence-corrected chi connectivity index (χ0v) is 11.1. The van der Waals surface area contributed by atoms with Crippen molar-refractivity contribution in [3.05, 3.63) is 34.9 Å². The van der Waals surface area contributed by atoms with E-state index in [4.69, 9.17) is 17.3 Å². The van der Waals surface area contributed by atoms with Gasteiger partial charge in [0.25, 0.3) is 0 Å². The fraction of sp³-hybridized carbons (Fsp3) is 0.571. The Balaban J connectivity index is 2.72. The van der Waals surface area contributed by atoms with Gasteiger partial charge >= 0.3 is 0 Å². The minimum atomic E-state index is -0.0962. The molecule has 0 aromatic heterocycles. The molecule has 0 aliphatic rings. The van der Waals surface area contributed by atoms with Crippen LogP contribution in [0, 0.1) is 0 Å². The predicted octanol–water partition coefficient (Wildman–Crippen LogP) is 4.18. The molecule has 1 aromatic rings. The second kappa shape index (κ2) is 6.27. The Kier molecular flexibility index (Phi) is 5.30. The van der Waals surface area contributed by atoms with E-state index in [1.807, 2.05) is 18.2 Å². The number of rotatable bonds is 6. The first-order chi connectivity index (χ1) is 7.61. The van der Waals surface area contributed by atoms with Gasteiger partial charge in [0.2, 0.25) is 0 Å². The van der Waals surface area contributed by atoms with Crippen molar-refractivity contribution in [3.63, 3.8) is 0 Å². The van der Waals surface area contributed by atoms with Crippen LogP contribution in [0.2, 0.25) is 5.02 Å². The second-order valence-electron chi connectivity index (χ2n) is 4.59. The van der Waals surface area contributed by atoms with Crippen LogP contribution in [-0.2, 0) is 6.42 Å². The van der Waals surface area contributed by atoms with Crippen molar-refractivity contribution in [1.82, 2.24) is 0 Å². The van der Waals surface area contributed by atoms with Gasteiger partial charge < -0.3 is 5.73 Å². The quantitative estimate of drug-likeness (QED) is 0.792. The highest BCUT2D eigenvalue weighted by atomic mass is 35.5. The lowest BCUT2D eigenvalue weighted by atomic mass is 9.84. The Bertz CT molecular complexity index is 324. The minimum Gasteiger partial charge on any atom is -0.325 e. The summed E-state index contributed by atoms with van der Waals surface area (Å²) >= 11 is 6.17. The summed E-state index contributed by atoms with van der Waals surface area (Å²) in [5.74, 6) is 0. The molecule has 16 heavy (non-hydrogen) atoms. The van der Waals surface area contributed by atoms with Crippen LogP contribution in [0.5, 0.6) is 0 Å². The number of halogens is 1. The first kappa shape index (κ1) is 13.5. The molecule has 0 fully saturated rings.